The lowest BCUT2D eigenvalue weighted by Crippen LogP contribution is -2.42. The molecule has 1 rings (SSSR count). The fraction of sp³-hybridized carbons (Fsp3) is 0.692. The van der Waals surface area contributed by atoms with Gasteiger partial charge < -0.3 is 15.3 Å². The maximum absolute atomic E-state index is 9.79. The van der Waals surface area contributed by atoms with E-state index >= 15 is 0 Å². The highest BCUT2D eigenvalue weighted by atomic mass is 16.3. The van der Waals surface area contributed by atoms with E-state index in [-0.39, 0.29) is 0 Å². The average Bonchev–Trinajstić information content (AvgIpc) is 2.25. The lowest BCUT2D eigenvalue weighted by Gasteiger charge is -2.30. The Labute approximate surface area is 98.8 Å². The fourth-order valence-corrected chi connectivity index (χ4v) is 1.57. The summed E-state index contributed by atoms with van der Waals surface area (Å²) < 4.78 is 0. The molecule has 0 spiro atoms. The number of allylic oxidation sites excluding steroid dienone is 3. The Hall–Kier alpha value is -0.800. The van der Waals surface area contributed by atoms with Crippen LogP contribution >= 0.6 is 0 Å². The molecule has 0 saturated carbocycles. The first-order valence-corrected chi connectivity index (χ1v) is 5.95. The molecule has 1 aliphatic heterocycles. The van der Waals surface area contributed by atoms with E-state index in [0.29, 0.717) is 0 Å². The molecule has 92 valence electrons. The van der Waals surface area contributed by atoms with Crippen LogP contribution in [0.5, 0.6) is 0 Å². The van der Waals surface area contributed by atoms with Crippen molar-refractivity contribution in [1.29, 1.82) is 0 Å². The summed E-state index contributed by atoms with van der Waals surface area (Å²) in [6, 6.07) is 0. The molecule has 0 bridgehead atoms. The van der Waals surface area contributed by atoms with E-state index in [1.807, 2.05) is 26.8 Å². The highest BCUT2D eigenvalue weighted by Gasteiger charge is 2.14. The molecule has 0 aromatic rings. The SMILES string of the molecule is C/C(=C\C=C(/C)C(C)(C)O)N1CCNCC1. The Morgan fingerprint density at radius 1 is 1.19 bits per heavy atom. The summed E-state index contributed by atoms with van der Waals surface area (Å²) in [5.74, 6) is 0. The van der Waals surface area contributed by atoms with Gasteiger partial charge in [-0.2, -0.15) is 0 Å². The number of hydrogen-bond acceptors (Lipinski definition) is 3. The minimum absolute atomic E-state index is 0.722. The zero-order valence-corrected chi connectivity index (χ0v) is 10.9. The summed E-state index contributed by atoms with van der Waals surface area (Å²) >= 11 is 0. The van der Waals surface area contributed by atoms with Crippen molar-refractivity contribution in [2.75, 3.05) is 26.2 Å². The monoisotopic (exact) mass is 224 g/mol. The predicted octanol–water partition coefficient (Wildman–Crippen LogP) is 1.51. The van der Waals surface area contributed by atoms with Crippen molar-refractivity contribution in [3.05, 3.63) is 23.4 Å². The molecular weight excluding hydrogens is 200 g/mol. The van der Waals surface area contributed by atoms with Crippen LogP contribution in [-0.4, -0.2) is 41.8 Å². The molecule has 0 amide bonds. The van der Waals surface area contributed by atoms with E-state index in [1.165, 1.54) is 5.70 Å². The topological polar surface area (TPSA) is 35.5 Å². The van der Waals surface area contributed by atoms with Gasteiger partial charge in [0.1, 0.15) is 0 Å². The third kappa shape index (κ3) is 3.99. The first kappa shape index (κ1) is 13.3. The van der Waals surface area contributed by atoms with Crippen LogP contribution in [0.15, 0.2) is 23.4 Å². The number of aliphatic hydroxyl groups is 1. The minimum Gasteiger partial charge on any atom is -0.386 e. The average molecular weight is 224 g/mol. The second-order valence-electron chi connectivity index (χ2n) is 4.95. The van der Waals surface area contributed by atoms with Crippen LogP contribution in [0.25, 0.3) is 0 Å². The maximum Gasteiger partial charge on any atom is 0.0801 e. The third-order valence-electron chi connectivity index (χ3n) is 3.16. The van der Waals surface area contributed by atoms with Crippen molar-refractivity contribution in [3.8, 4) is 0 Å². The normalized spacial score (nSPS) is 20.2. The van der Waals surface area contributed by atoms with E-state index in [9.17, 15) is 5.11 Å². The molecule has 0 atom stereocenters. The molecule has 3 nitrogen and oxygen atoms in total. The molecule has 0 aromatic heterocycles. The molecule has 2 N–H and O–H groups in total. The van der Waals surface area contributed by atoms with E-state index < -0.39 is 5.60 Å². The molecule has 3 heteroatoms. The van der Waals surface area contributed by atoms with Gasteiger partial charge in [0.2, 0.25) is 0 Å². The van der Waals surface area contributed by atoms with Crippen LogP contribution in [0, 0.1) is 0 Å². The lowest BCUT2D eigenvalue weighted by atomic mass is 9.99. The summed E-state index contributed by atoms with van der Waals surface area (Å²) in [6.07, 6.45) is 4.11. The second-order valence-corrected chi connectivity index (χ2v) is 4.95. The Morgan fingerprint density at radius 3 is 2.25 bits per heavy atom. The third-order valence-corrected chi connectivity index (χ3v) is 3.16. The number of nitrogens with one attached hydrogen (secondary N) is 1. The van der Waals surface area contributed by atoms with Gasteiger partial charge in [-0.15, -0.1) is 0 Å². The standard InChI is InChI=1S/C13H24N2O/c1-11(13(3,4)16)5-6-12(2)15-9-7-14-8-10-15/h5-6,14,16H,7-10H2,1-4H3/b11-5+,12-6+. The van der Waals surface area contributed by atoms with Crippen LogP contribution in [0.4, 0.5) is 0 Å². The van der Waals surface area contributed by atoms with Crippen molar-refractivity contribution in [2.45, 2.75) is 33.3 Å². The largest absolute Gasteiger partial charge is 0.386 e. The first-order chi connectivity index (χ1) is 7.41. The van der Waals surface area contributed by atoms with Crippen LogP contribution in [0.2, 0.25) is 0 Å². The van der Waals surface area contributed by atoms with Gasteiger partial charge in [-0.1, -0.05) is 6.08 Å². The van der Waals surface area contributed by atoms with E-state index in [4.69, 9.17) is 0 Å². The van der Waals surface area contributed by atoms with Crippen LogP contribution in [0.3, 0.4) is 0 Å². The second kappa shape index (κ2) is 5.51. The van der Waals surface area contributed by atoms with Gasteiger partial charge in [0.15, 0.2) is 0 Å². The van der Waals surface area contributed by atoms with Crippen molar-refractivity contribution in [2.24, 2.45) is 0 Å². The Balaban J connectivity index is 2.62. The Kier molecular flexibility index (Phi) is 4.56. The van der Waals surface area contributed by atoms with Gasteiger partial charge in [-0.3, -0.25) is 0 Å². The van der Waals surface area contributed by atoms with E-state index in [2.05, 4.69) is 23.2 Å². The molecule has 0 unspecified atom stereocenters. The van der Waals surface area contributed by atoms with Crippen LogP contribution in [0.1, 0.15) is 27.7 Å². The summed E-state index contributed by atoms with van der Waals surface area (Å²) in [6.45, 7) is 12.0. The Morgan fingerprint density at radius 2 is 1.75 bits per heavy atom. The summed E-state index contributed by atoms with van der Waals surface area (Å²) in [5, 5.41) is 13.1. The summed E-state index contributed by atoms with van der Waals surface area (Å²) in [4.78, 5) is 2.37. The molecule has 0 radical (unpaired) electrons. The number of hydrogen-bond donors (Lipinski definition) is 2. The maximum atomic E-state index is 9.79. The number of piperazine rings is 1. The molecule has 0 aliphatic carbocycles. The molecular formula is C13H24N2O. The van der Waals surface area contributed by atoms with Crippen LogP contribution < -0.4 is 5.32 Å². The van der Waals surface area contributed by atoms with Crippen molar-refractivity contribution in [3.63, 3.8) is 0 Å². The van der Waals surface area contributed by atoms with E-state index in [1.54, 1.807) is 0 Å². The highest BCUT2D eigenvalue weighted by Crippen LogP contribution is 2.15. The van der Waals surface area contributed by atoms with Crippen molar-refractivity contribution < 1.29 is 5.11 Å². The number of nitrogens with zero attached hydrogens (tertiary/aromatic N) is 1. The van der Waals surface area contributed by atoms with Gasteiger partial charge in [0.25, 0.3) is 0 Å². The van der Waals surface area contributed by atoms with Gasteiger partial charge in [0.05, 0.1) is 5.60 Å². The number of rotatable bonds is 3. The molecule has 16 heavy (non-hydrogen) atoms. The lowest BCUT2D eigenvalue weighted by molar-refractivity contribution is 0.120. The van der Waals surface area contributed by atoms with Gasteiger partial charge in [-0.05, 0) is 39.3 Å². The molecule has 1 fully saturated rings. The van der Waals surface area contributed by atoms with Gasteiger partial charge >= 0.3 is 0 Å². The smallest absolute Gasteiger partial charge is 0.0801 e. The fourth-order valence-electron chi connectivity index (χ4n) is 1.57. The summed E-state index contributed by atoms with van der Waals surface area (Å²) in [5.41, 5.74) is 1.53. The predicted molar refractivity (Wildman–Crippen MR) is 68.3 cm³/mol. The quantitative estimate of drug-likeness (QED) is 0.713. The van der Waals surface area contributed by atoms with Gasteiger partial charge in [0, 0.05) is 31.9 Å². The minimum atomic E-state index is -0.722. The van der Waals surface area contributed by atoms with Gasteiger partial charge in [-0.25, -0.2) is 0 Å². The summed E-state index contributed by atoms with van der Waals surface area (Å²) in [7, 11) is 0. The first-order valence-electron chi connectivity index (χ1n) is 5.95. The van der Waals surface area contributed by atoms with Crippen molar-refractivity contribution in [1.82, 2.24) is 10.2 Å². The van der Waals surface area contributed by atoms with Crippen LogP contribution in [-0.2, 0) is 0 Å². The molecule has 1 aliphatic rings. The zero-order chi connectivity index (χ0) is 12.2. The van der Waals surface area contributed by atoms with Crippen molar-refractivity contribution >= 4 is 0 Å². The highest BCUT2D eigenvalue weighted by molar-refractivity contribution is 5.20. The zero-order valence-electron chi connectivity index (χ0n) is 10.9. The molecule has 1 heterocycles. The molecule has 1 saturated heterocycles. The Bertz CT molecular complexity index is 281. The van der Waals surface area contributed by atoms with E-state index in [0.717, 1.165) is 31.8 Å². The molecule has 0 aromatic carbocycles.